The van der Waals surface area contributed by atoms with E-state index in [0.29, 0.717) is 29.0 Å². The van der Waals surface area contributed by atoms with Gasteiger partial charge in [0.05, 0.1) is 11.3 Å². The molecule has 0 saturated carbocycles. The van der Waals surface area contributed by atoms with Gasteiger partial charge in [0.1, 0.15) is 11.6 Å². The van der Waals surface area contributed by atoms with Gasteiger partial charge in [0.2, 0.25) is 5.88 Å². The Labute approximate surface area is 193 Å². The van der Waals surface area contributed by atoms with E-state index < -0.39 is 0 Å². The second kappa shape index (κ2) is 8.88. The number of hydrogen-bond donors (Lipinski definition) is 1. The summed E-state index contributed by atoms with van der Waals surface area (Å²) < 4.78 is 8.15. The first kappa shape index (κ1) is 21.6. The zero-order valence-electron chi connectivity index (χ0n) is 17.8. The van der Waals surface area contributed by atoms with E-state index in [0.717, 1.165) is 10.2 Å². The number of carbonyl (C=O) groups is 1. The quantitative estimate of drug-likeness (QED) is 0.413. The molecule has 0 spiro atoms. The van der Waals surface area contributed by atoms with Gasteiger partial charge >= 0.3 is 0 Å². The topological polar surface area (TPSA) is 94.8 Å². The second-order valence-corrected chi connectivity index (χ2v) is 8.94. The number of nitrogens with one attached hydrogen (secondary N) is 1. The van der Waals surface area contributed by atoms with Crippen LogP contribution in [-0.4, -0.2) is 30.6 Å². The molecule has 8 nitrogen and oxygen atoms in total. The summed E-state index contributed by atoms with van der Waals surface area (Å²) in [5.74, 6) is 1.54. The highest BCUT2D eigenvalue weighted by Crippen LogP contribution is 2.26. The minimum Gasteiger partial charge on any atom is -0.439 e. The van der Waals surface area contributed by atoms with Crippen molar-refractivity contribution in [3.8, 4) is 17.6 Å². The van der Waals surface area contributed by atoms with E-state index >= 15 is 0 Å². The van der Waals surface area contributed by atoms with E-state index in [1.807, 2.05) is 51.1 Å². The third-order valence-electron chi connectivity index (χ3n) is 4.48. The fourth-order valence-electron chi connectivity index (χ4n) is 2.80. The van der Waals surface area contributed by atoms with Gasteiger partial charge in [-0.2, -0.15) is 9.78 Å². The van der Waals surface area contributed by atoms with Crippen molar-refractivity contribution in [3.05, 3.63) is 82.9 Å². The maximum absolute atomic E-state index is 12.9. The highest BCUT2D eigenvalue weighted by molar-refractivity contribution is 9.10. The van der Waals surface area contributed by atoms with Crippen molar-refractivity contribution < 1.29 is 9.53 Å². The summed E-state index contributed by atoms with van der Waals surface area (Å²) in [6.45, 7) is 6.14. The van der Waals surface area contributed by atoms with E-state index in [2.05, 4.69) is 41.3 Å². The maximum Gasteiger partial charge on any atom is 0.258 e. The first-order valence-electron chi connectivity index (χ1n) is 9.88. The van der Waals surface area contributed by atoms with Crippen molar-refractivity contribution in [2.24, 2.45) is 0 Å². The Bertz CT molecular complexity index is 1230. The predicted octanol–water partition coefficient (Wildman–Crippen LogP) is 5.16. The van der Waals surface area contributed by atoms with Crippen LogP contribution in [0.3, 0.4) is 0 Å². The summed E-state index contributed by atoms with van der Waals surface area (Å²) in [6.07, 6.45) is 4.72. The average Bonchev–Trinajstić information content (AvgIpc) is 3.19. The van der Waals surface area contributed by atoms with Crippen molar-refractivity contribution in [1.29, 1.82) is 0 Å². The molecule has 0 atom stereocenters. The summed E-state index contributed by atoms with van der Waals surface area (Å²) in [7, 11) is 0. The normalized spacial score (nSPS) is 11.2. The molecule has 0 aliphatic rings. The number of ether oxygens (including phenoxy) is 1. The van der Waals surface area contributed by atoms with Crippen LogP contribution in [0.15, 0.2) is 71.6 Å². The van der Waals surface area contributed by atoms with Crippen LogP contribution >= 0.6 is 15.9 Å². The van der Waals surface area contributed by atoms with E-state index in [1.165, 1.54) is 10.9 Å². The van der Waals surface area contributed by atoms with Gasteiger partial charge in [-0.1, -0.05) is 42.8 Å². The number of aromatic nitrogens is 5. The van der Waals surface area contributed by atoms with Crippen molar-refractivity contribution in [2.45, 2.75) is 26.2 Å². The molecule has 0 aliphatic carbocycles. The van der Waals surface area contributed by atoms with Gasteiger partial charge in [-0.3, -0.25) is 4.79 Å². The van der Waals surface area contributed by atoms with Crippen LogP contribution in [0.1, 0.15) is 36.8 Å². The molecule has 3 heterocycles. The molecule has 0 aliphatic heterocycles. The molecule has 0 bridgehead atoms. The van der Waals surface area contributed by atoms with Crippen LogP contribution in [0.4, 0.5) is 5.82 Å². The SMILES string of the molecule is CC(C)(C)c1cc(NC(=O)c2ccc(Oc3cccc(Br)c3)nc2)n(-c2ncccn2)n1. The first-order chi connectivity index (χ1) is 15.3. The summed E-state index contributed by atoms with van der Waals surface area (Å²) >= 11 is 3.40. The van der Waals surface area contributed by atoms with E-state index in [9.17, 15) is 4.79 Å². The maximum atomic E-state index is 12.9. The molecular weight excluding hydrogens is 472 g/mol. The average molecular weight is 493 g/mol. The third kappa shape index (κ3) is 5.00. The van der Waals surface area contributed by atoms with Crippen LogP contribution in [0.25, 0.3) is 5.95 Å². The lowest BCUT2D eigenvalue weighted by molar-refractivity contribution is 0.102. The van der Waals surface area contributed by atoms with Crippen molar-refractivity contribution >= 4 is 27.7 Å². The highest BCUT2D eigenvalue weighted by atomic mass is 79.9. The summed E-state index contributed by atoms with van der Waals surface area (Å²) in [4.78, 5) is 25.6. The monoisotopic (exact) mass is 492 g/mol. The number of halogens is 1. The third-order valence-corrected chi connectivity index (χ3v) is 4.97. The van der Waals surface area contributed by atoms with Crippen molar-refractivity contribution in [2.75, 3.05) is 5.32 Å². The largest absolute Gasteiger partial charge is 0.439 e. The van der Waals surface area contributed by atoms with Gasteiger partial charge in [0, 0.05) is 40.6 Å². The Kier molecular flexibility index (Phi) is 6.00. The zero-order chi connectivity index (χ0) is 22.7. The van der Waals surface area contributed by atoms with Gasteiger partial charge in [-0.05, 0) is 30.3 Å². The molecule has 9 heteroatoms. The molecular formula is C23H21BrN6O2. The predicted molar refractivity (Wildman–Crippen MR) is 124 cm³/mol. The van der Waals surface area contributed by atoms with Gasteiger partial charge < -0.3 is 10.1 Å². The Morgan fingerprint density at radius 3 is 2.47 bits per heavy atom. The van der Waals surface area contributed by atoms with Gasteiger partial charge in [-0.15, -0.1) is 0 Å². The first-order valence-corrected chi connectivity index (χ1v) is 10.7. The van der Waals surface area contributed by atoms with E-state index in [4.69, 9.17) is 4.74 Å². The molecule has 0 radical (unpaired) electrons. The van der Waals surface area contributed by atoms with E-state index in [1.54, 1.807) is 30.6 Å². The fraction of sp³-hybridized carbons (Fsp3) is 0.174. The Hall–Kier alpha value is -3.59. The summed E-state index contributed by atoms with van der Waals surface area (Å²) in [5.41, 5.74) is 0.966. The number of pyridine rings is 1. The number of hydrogen-bond acceptors (Lipinski definition) is 6. The lowest BCUT2D eigenvalue weighted by Gasteiger charge is -2.13. The lowest BCUT2D eigenvalue weighted by atomic mass is 9.92. The number of benzene rings is 1. The molecule has 0 fully saturated rings. The molecule has 1 N–H and O–H groups in total. The number of nitrogens with zero attached hydrogens (tertiary/aromatic N) is 5. The van der Waals surface area contributed by atoms with Gasteiger partial charge in [0.25, 0.3) is 11.9 Å². The Balaban J connectivity index is 1.55. The number of carbonyl (C=O) groups excluding carboxylic acids is 1. The molecule has 1 amide bonds. The zero-order valence-corrected chi connectivity index (χ0v) is 19.4. The standard InChI is InChI=1S/C23H21BrN6O2/c1-23(2,3)18-13-19(30(29-18)22-25-10-5-11-26-22)28-21(31)15-8-9-20(27-14-15)32-17-7-4-6-16(24)12-17/h4-14H,1-3H3,(H,28,31). The lowest BCUT2D eigenvalue weighted by Crippen LogP contribution is -2.16. The van der Waals surface area contributed by atoms with Crippen molar-refractivity contribution in [1.82, 2.24) is 24.7 Å². The smallest absolute Gasteiger partial charge is 0.258 e. The Morgan fingerprint density at radius 1 is 1.03 bits per heavy atom. The van der Waals surface area contributed by atoms with Crippen LogP contribution < -0.4 is 10.1 Å². The van der Waals surface area contributed by atoms with Crippen LogP contribution in [-0.2, 0) is 5.41 Å². The molecule has 1 aromatic carbocycles. The molecule has 4 aromatic rings. The van der Waals surface area contributed by atoms with Crippen LogP contribution in [0.5, 0.6) is 11.6 Å². The number of rotatable bonds is 5. The highest BCUT2D eigenvalue weighted by Gasteiger charge is 2.22. The molecule has 4 rings (SSSR count). The van der Waals surface area contributed by atoms with Crippen LogP contribution in [0.2, 0.25) is 0 Å². The minimum atomic E-state index is -0.330. The number of anilines is 1. The molecule has 0 unspecified atom stereocenters. The minimum absolute atomic E-state index is 0.216. The second-order valence-electron chi connectivity index (χ2n) is 8.02. The Morgan fingerprint density at radius 2 is 1.81 bits per heavy atom. The molecule has 162 valence electrons. The van der Waals surface area contributed by atoms with Gasteiger partial charge in [-0.25, -0.2) is 15.0 Å². The molecule has 3 aromatic heterocycles. The van der Waals surface area contributed by atoms with E-state index in [-0.39, 0.29) is 11.3 Å². The van der Waals surface area contributed by atoms with Crippen molar-refractivity contribution in [3.63, 3.8) is 0 Å². The summed E-state index contributed by atoms with van der Waals surface area (Å²) in [6, 6.07) is 14.3. The summed E-state index contributed by atoms with van der Waals surface area (Å²) in [5, 5.41) is 7.49. The van der Waals surface area contributed by atoms with Crippen LogP contribution in [0, 0.1) is 0 Å². The molecule has 0 saturated heterocycles. The van der Waals surface area contributed by atoms with Gasteiger partial charge in [0.15, 0.2) is 0 Å². The fourth-order valence-corrected chi connectivity index (χ4v) is 3.18. The molecule has 32 heavy (non-hydrogen) atoms. The number of amides is 1.